The van der Waals surface area contributed by atoms with E-state index in [9.17, 15) is 53.1 Å². The van der Waals surface area contributed by atoms with Crippen LogP contribution in [0.5, 0.6) is 0 Å². The first-order valence-corrected chi connectivity index (χ1v) is 5.00. The Bertz CT molecular complexity index is 415. The van der Waals surface area contributed by atoms with E-state index < -0.39 is 42.7 Å². The Labute approximate surface area is 114 Å². The van der Waals surface area contributed by atoms with Gasteiger partial charge in [0.1, 0.15) is 0 Å². The molecule has 0 saturated heterocycles. The standard InChI is InChI=1S/C8H6F11NO2/c1-2-20-3(21)4(9,6(12,13)14)22-8(18,19)5(10,11)7(15,16)17/h2H2,1H3,(H,20,21). The normalized spacial score (nSPS) is 17.1. The van der Waals surface area contributed by atoms with E-state index in [1.165, 1.54) is 0 Å². The van der Waals surface area contributed by atoms with Gasteiger partial charge in [0, 0.05) is 6.54 Å². The number of carbonyl (C=O) groups excluding carboxylic acids is 1. The minimum Gasteiger partial charge on any atom is -0.351 e. The summed E-state index contributed by atoms with van der Waals surface area (Å²) in [6, 6.07) is 0. The molecule has 1 atom stereocenters. The Kier molecular flexibility index (Phi) is 5.35. The number of nitrogens with one attached hydrogen (secondary N) is 1. The van der Waals surface area contributed by atoms with Crippen molar-refractivity contribution in [3.63, 3.8) is 0 Å². The average Bonchev–Trinajstić information content (AvgIpc) is 2.25. The molecule has 14 heteroatoms. The Morgan fingerprint density at radius 1 is 0.864 bits per heavy atom. The third-order valence-electron chi connectivity index (χ3n) is 1.98. The summed E-state index contributed by atoms with van der Waals surface area (Å²) in [5.41, 5.74) is 0. The third-order valence-corrected chi connectivity index (χ3v) is 1.98. The van der Waals surface area contributed by atoms with E-state index in [4.69, 9.17) is 0 Å². The first kappa shape index (κ1) is 20.7. The Hall–Kier alpha value is -1.34. The van der Waals surface area contributed by atoms with Crippen molar-refractivity contribution in [1.82, 2.24) is 5.32 Å². The maximum atomic E-state index is 13.4. The maximum Gasteiger partial charge on any atom is 0.462 e. The number of halogens is 11. The van der Waals surface area contributed by atoms with Crippen molar-refractivity contribution in [3.05, 3.63) is 0 Å². The summed E-state index contributed by atoms with van der Waals surface area (Å²) in [5, 5.41) is 0.987. The Balaban J connectivity index is 5.83. The lowest BCUT2D eigenvalue weighted by atomic mass is 10.2. The highest BCUT2D eigenvalue weighted by molar-refractivity contribution is 5.84. The van der Waals surface area contributed by atoms with Gasteiger partial charge in [-0.05, 0) is 6.92 Å². The van der Waals surface area contributed by atoms with Crippen LogP contribution in [0, 0.1) is 0 Å². The zero-order valence-corrected chi connectivity index (χ0v) is 10.2. The summed E-state index contributed by atoms with van der Waals surface area (Å²) in [4.78, 5) is 10.8. The van der Waals surface area contributed by atoms with Crippen LogP contribution in [0.3, 0.4) is 0 Å². The van der Waals surface area contributed by atoms with Crippen molar-refractivity contribution in [2.45, 2.75) is 37.2 Å². The van der Waals surface area contributed by atoms with E-state index in [0.29, 0.717) is 0 Å². The van der Waals surface area contributed by atoms with E-state index in [1.807, 2.05) is 4.74 Å². The lowest BCUT2D eigenvalue weighted by molar-refractivity contribution is -0.472. The molecule has 22 heavy (non-hydrogen) atoms. The van der Waals surface area contributed by atoms with E-state index in [0.717, 1.165) is 12.2 Å². The molecule has 0 aromatic heterocycles. The van der Waals surface area contributed by atoms with Gasteiger partial charge in [-0.25, -0.2) is 0 Å². The fourth-order valence-electron chi connectivity index (χ4n) is 0.913. The van der Waals surface area contributed by atoms with Gasteiger partial charge in [0.25, 0.3) is 5.91 Å². The van der Waals surface area contributed by atoms with E-state index in [-0.39, 0.29) is 0 Å². The van der Waals surface area contributed by atoms with Crippen LogP contribution >= 0.6 is 0 Å². The highest BCUT2D eigenvalue weighted by Gasteiger charge is 2.79. The molecular formula is C8H6F11NO2. The second kappa shape index (κ2) is 5.70. The number of alkyl halides is 11. The molecule has 1 amide bonds. The van der Waals surface area contributed by atoms with Crippen molar-refractivity contribution in [3.8, 4) is 0 Å². The second-order valence-electron chi connectivity index (χ2n) is 3.64. The van der Waals surface area contributed by atoms with E-state index in [2.05, 4.69) is 0 Å². The molecule has 0 spiro atoms. The Morgan fingerprint density at radius 3 is 1.55 bits per heavy atom. The largest absolute Gasteiger partial charge is 0.462 e. The highest BCUT2D eigenvalue weighted by atomic mass is 19.4. The Morgan fingerprint density at radius 2 is 1.27 bits per heavy atom. The second-order valence-corrected chi connectivity index (χ2v) is 3.64. The highest BCUT2D eigenvalue weighted by Crippen LogP contribution is 2.50. The van der Waals surface area contributed by atoms with Gasteiger partial charge in [-0.15, -0.1) is 0 Å². The van der Waals surface area contributed by atoms with Crippen LogP contribution in [-0.4, -0.2) is 42.7 Å². The number of carbonyl (C=O) groups is 1. The van der Waals surface area contributed by atoms with Crippen molar-refractivity contribution >= 4 is 5.91 Å². The van der Waals surface area contributed by atoms with Crippen LogP contribution in [0.1, 0.15) is 6.92 Å². The summed E-state index contributed by atoms with van der Waals surface area (Å²) in [6.45, 7) is 0.0995. The van der Waals surface area contributed by atoms with Gasteiger partial charge in [-0.3, -0.25) is 9.53 Å². The van der Waals surface area contributed by atoms with E-state index in [1.54, 1.807) is 0 Å². The number of rotatable bonds is 5. The summed E-state index contributed by atoms with van der Waals surface area (Å²) in [6.07, 6.45) is -20.7. The van der Waals surface area contributed by atoms with Crippen molar-refractivity contribution in [2.75, 3.05) is 6.54 Å². The van der Waals surface area contributed by atoms with Gasteiger partial charge >= 0.3 is 30.2 Å². The number of likely N-dealkylation sites (N-methyl/N-ethyl adjacent to an activating group) is 1. The zero-order chi connectivity index (χ0) is 18.2. The van der Waals surface area contributed by atoms with Gasteiger partial charge in [0.05, 0.1) is 0 Å². The minimum absolute atomic E-state index is 0.787. The molecule has 0 aliphatic carbocycles. The number of ether oxygens (including phenoxy) is 1. The van der Waals surface area contributed by atoms with Crippen molar-refractivity contribution < 1.29 is 57.8 Å². The molecule has 0 bridgehead atoms. The summed E-state index contributed by atoms with van der Waals surface area (Å²) in [5.74, 6) is -16.3. The first-order chi connectivity index (χ1) is 9.44. The summed E-state index contributed by atoms with van der Waals surface area (Å²) >= 11 is 0. The SMILES string of the molecule is CCNC(=O)C(F)(OC(F)(F)C(F)(F)C(F)(F)F)C(F)(F)F. The first-order valence-electron chi connectivity index (χ1n) is 5.00. The third kappa shape index (κ3) is 3.52. The fourth-order valence-corrected chi connectivity index (χ4v) is 0.913. The molecule has 0 radical (unpaired) electrons. The topological polar surface area (TPSA) is 38.3 Å². The van der Waals surface area contributed by atoms with Crippen molar-refractivity contribution in [2.24, 2.45) is 0 Å². The quantitative estimate of drug-likeness (QED) is 0.768. The molecule has 0 aliphatic rings. The molecule has 0 aromatic rings. The molecule has 132 valence electrons. The zero-order valence-electron chi connectivity index (χ0n) is 10.2. The van der Waals surface area contributed by atoms with E-state index >= 15 is 0 Å². The molecular weight excluding hydrogens is 351 g/mol. The number of hydrogen-bond donors (Lipinski definition) is 1. The molecule has 1 unspecified atom stereocenters. The van der Waals surface area contributed by atoms with Crippen molar-refractivity contribution in [1.29, 1.82) is 0 Å². The molecule has 0 aromatic carbocycles. The van der Waals surface area contributed by atoms with Gasteiger partial charge in [0.15, 0.2) is 0 Å². The molecule has 0 fully saturated rings. The van der Waals surface area contributed by atoms with Crippen LogP contribution in [0.15, 0.2) is 0 Å². The van der Waals surface area contributed by atoms with Gasteiger partial charge in [0.2, 0.25) is 0 Å². The van der Waals surface area contributed by atoms with Gasteiger partial charge in [-0.1, -0.05) is 0 Å². The van der Waals surface area contributed by atoms with Gasteiger partial charge < -0.3 is 5.32 Å². The van der Waals surface area contributed by atoms with Crippen LogP contribution in [0.2, 0.25) is 0 Å². The van der Waals surface area contributed by atoms with Crippen LogP contribution in [0.4, 0.5) is 48.3 Å². The summed E-state index contributed by atoms with van der Waals surface area (Å²) < 4.78 is 138. The number of amides is 1. The summed E-state index contributed by atoms with van der Waals surface area (Å²) in [7, 11) is 0. The smallest absolute Gasteiger partial charge is 0.351 e. The predicted octanol–water partition coefficient (Wildman–Crippen LogP) is 3.16. The molecule has 0 heterocycles. The van der Waals surface area contributed by atoms with Crippen LogP contribution < -0.4 is 5.32 Å². The monoisotopic (exact) mass is 357 g/mol. The molecule has 1 N–H and O–H groups in total. The maximum absolute atomic E-state index is 13.4. The molecule has 0 saturated carbocycles. The minimum atomic E-state index is -7.19. The molecule has 3 nitrogen and oxygen atoms in total. The average molecular weight is 357 g/mol. The lowest BCUT2D eigenvalue weighted by Crippen LogP contribution is -2.63. The van der Waals surface area contributed by atoms with Crippen LogP contribution in [0.25, 0.3) is 0 Å². The van der Waals surface area contributed by atoms with Crippen LogP contribution in [-0.2, 0) is 9.53 Å². The molecule has 0 rings (SSSR count). The number of hydrogen-bond acceptors (Lipinski definition) is 2. The molecule has 0 aliphatic heterocycles. The predicted molar refractivity (Wildman–Crippen MR) is 45.6 cm³/mol. The fraction of sp³-hybridized carbons (Fsp3) is 0.875. The van der Waals surface area contributed by atoms with Gasteiger partial charge in [-0.2, -0.15) is 48.3 Å². The lowest BCUT2D eigenvalue weighted by Gasteiger charge is -2.34.